The molecular weight excluding hydrogens is 352 g/mol. The maximum absolute atomic E-state index is 12.6. The van der Waals surface area contributed by atoms with Gasteiger partial charge in [-0.3, -0.25) is 9.10 Å². The van der Waals surface area contributed by atoms with Crippen LogP contribution in [0.3, 0.4) is 0 Å². The molecule has 26 heavy (non-hydrogen) atoms. The lowest BCUT2D eigenvalue weighted by atomic mass is 10.2. The largest absolute Gasteiger partial charge is 0.492 e. The van der Waals surface area contributed by atoms with Gasteiger partial charge in [0.15, 0.2) is 0 Å². The number of rotatable bonds is 8. The predicted octanol–water partition coefficient (Wildman–Crippen LogP) is 2.51. The molecule has 0 aliphatic heterocycles. The van der Waals surface area contributed by atoms with Gasteiger partial charge in [0.2, 0.25) is 15.9 Å². The fourth-order valence-corrected chi connectivity index (χ4v) is 3.36. The summed E-state index contributed by atoms with van der Waals surface area (Å²) in [5, 5.41) is 0. The first kappa shape index (κ1) is 19.8. The zero-order chi connectivity index (χ0) is 19.2. The Morgan fingerprint density at radius 2 is 1.65 bits per heavy atom. The Morgan fingerprint density at radius 1 is 1.04 bits per heavy atom. The number of hydrogen-bond acceptors (Lipinski definition) is 4. The number of ether oxygens (including phenoxy) is 1. The topological polar surface area (TPSA) is 66.9 Å². The molecule has 0 bridgehead atoms. The first-order valence-corrected chi connectivity index (χ1v) is 10.1. The molecule has 6 nitrogen and oxygen atoms in total. The highest BCUT2D eigenvalue weighted by molar-refractivity contribution is 7.92. The molecule has 2 aromatic carbocycles. The predicted molar refractivity (Wildman–Crippen MR) is 103 cm³/mol. The zero-order valence-electron chi connectivity index (χ0n) is 15.3. The van der Waals surface area contributed by atoms with Crippen LogP contribution in [0.2, 0.25) is 0 Å². The van der Waals surface area contributed by atoms with Gasteiger partial charge < -0.3 is 9.64 Å². The molecule has 0 unspecified atom stereocenters. The van der Waals surface area contributed by atoms with Gasteiger partial charge in [0.05, 0.1) is 18.6 Å². The monoisotopic (exact) mass is 376 g/mol. The van der Waals surface area contributed by atoms with E-state index in [1.807, 2.05) is 37.3 Å². The maximum atomic E-state index is 12.6. The van der Waals surface area contributed by atoms with Crippen molar-refractivity contribution in [3.8, 4) is 5.75 Å². The number of nitrogens with zero attached hydrogens (tertiary/aromatic N) is 2. The van der Waals surface area contributed by atoms with E-state index in [4.69, 9.17) is 4.74 Å². The third-order valence-corrected chi connectivity index (χ3v) is 4.93. The van der Waals surface area contributed by atoms with Crippen molar-refractivity contribution < 1.29 is 17.9 Å². The van der Waals surface area contributed by atoms with Crippen LogP contribution in [-0.2, 0) is 21.4 Å². The molecule has 0 aliphatic carbocycles. The quantitative estimate of drug-likeness (QED) is 0.710. The van der Waals surface area contributed by atoms with E-state index in [9.17, 15) is 13.2 Å². The van der Waals surface area contributed by atoms with Gasteiger partial charge in [-0.2, -0.15) is 0 Å². The molecule has 0 spiro atoms. The van der Waals surface area contributed by atoms with Gasteiger partial charge in [0.1, 0.15) is 12.3 Å². The number of amides is 1. The Balaban J connectivity index is 2.22. The standard InChI is InChI=1S/C19H24N2O4S/c1-4-25-18-13-9-8-12-17(18)21(26(3,23)24)15-19(22)20(2)14-16-10-6-5-7-11-16/h5-13H,4,14-15H2,1-3H3. The van der Waals surface area contributed by atoms with Crippen molar-refractivity contribution >= 4 is 21.6 Å². The van der Waals surface area contributed by atoms with E-state index in [1.165, 1.54) is 4.90 Å². The highest BCUT2D eigenvalue weighted by atomic mass is 32.2. The molecule has 2 aromatic rings. The second-order valence-electron chi connectivity index (χ2n) is 5.91. The number of carbonyl (C=O) groups is 1. The molecule has 0 N–H and O–H groups in total. The van der Waals surface area contributed by atoms with Crippen LogP contribution in [0.1, 0.15) is 12.5 Å². The third-order valence-electron chi connectivity index (χ3n) is 3.80. The molecule has 0 saturated carbocycles. The van der Waals surface area contributed by atoms with Crippen molar-refractivity contribution in [2.45, 2.75) is 13.5 Å². The summed E-state index contributed by atoms with van der Waals surface area (Å²) >= 11 is 0. The summed E-state index contributed by atoms with van der Waals surface area (Å²) in [6, 6.07) is 16.3. The Bertz CT molecular complexity index is 838. The van der Waals surface area contributed by atoms with Gasteiger partial charge in [0.25, 0.3) is 0 Å². The van der Waals surface area contributed by atoms with Crippen LogP contribution in [-0.4, -0.2) is 45.7 Å². The summed E-state index contributed by atoms with van der Waals surface area (Å²) in [7, 11) is -2.00. The second kappa shape index (κ2) is 8.71. The zero-order valence-corrected chi connectivity index (χ0v) is 16.1. The molecule has 0 saturated heterocycles. The van der Waals surface area contributed by atoms with Crippen LogP contribution in [0.15, 0.2) is 54.6 Å². The number of para-hydroxylation sites is 2. The molecule has 0 aliphatic rings. The SMILES string of the molecule is CCOc1ccccc1N(CC(=O)N(C)Cc1ccccc1)S(C)(=O)=O. The maximum Gasteiger partial charge on any atom is 0.243 e. The normalized spacial score (nSPS) is 11.0. The summed E-state index contributed by atoms with van der Waals surface area (Å²) in [6.45, 7) is 2.34. The molecule has 140 valence electrons. The van der Waals surface area contributed by atoms with E-state index in [2.05, 4.69) is 0 Å². The molecule has 0 fully saturated rings. The van der Waals surface area contributed by atoms with Crippen LogP contribution in [0.4, 0.5) is 5.69 Å². The van der Waals surface area contributed by atoms with Gasteiger partial charge in [0, 0.05) is 13.6 Å². The second-order valence-corrected chi connectivity index (χ2v) is 7.81. The molecule has 0 atom stereocenters. The lowest BCUT2D eigenvalue weighted by Gasteiger charge is -2.26. The molecule has 0 heterocycles. The van der Waals surface area contributed by atoms with Crippen molar-refractivity contribution in [2.75, 3.05) is 30.8 Å². The van der Waals surface area contributed by atoms with Crippen molar-refractivity contribution in [1.82, 2.24) is 4.90 Å². The summed E-state index contributed by atoms with van der Waals surface area (Å²) in [4.78, 5) is 14.1. The number of anilines is 1. The van der Waals surface area contributed by atoms with Crippen molar-refractivity contribution in [3.05, 3.63) is 60.2 Å². The molecule has 0 aromatic heterocycles. The van der Waals surface area contributed by atoms with Gasteiger partial charge in [-0.05, 0) is 24.6 Å². The third kappa shape index (κ3) is 5.23. The first-order chi connectivity index (χ1) is 12.3. The molecule has 2 rings (SSSR count). The Kier molecular flexibility index (Phi) is 6.63. The number of likely N-dealkylation sites (N-methyl/N-ethyl adjacent to an activating group) is 1. The van der Waals surface area contributed by atoms with Crippen molar-refractivity contribution in [3.63, 3.8) is 0 Å². The summed E-state index contributed by atoms with van der Waals surface area (Å²) < 4.78 is 31.2. The van der Waals surface area contributed by atoms with Gasteiger partial charge in [-0.15, -0.1) is 0 Å². The fourth-order valence-electron chi connectivity index (χ4n) is 2.51. The minimum absolute atomic E-state index is 0.285. The van der Waals surface area contributed by atoms with Gasteiger partial charge >= 0.3 is 0 Å². The van der Waals surface area contributed by atoms with Crippen molar-refractivity contribution in [2.24, 2.45) is 0 Å². The minimum Gasteiger partial charge on any atom is -0.492 e. The van der Waals surface area contributed by atoms with E-state index in [0.29, 0.717) is 24.6 Å². The van der Waals surface area contributed by atoms with E-state index >= 15 is 0 Å². The van der Waals surface area contributed by atoms with Gasteiger partial charge in [-0.25, -0.2) is 8.42 Å². The Hall–Kier alpha value is -2.54. The average Bonchev–Trinajstić information content (AvgIpc) is 2.60. The summed E-state index contributed by atoms with van der Waals surface area (Å²) in [6.07, 6.45) is 1.08. The Morgan fingerprint density at radius 3 is 2.27 bits per heavy atom. The van der Waals surface area contributed by atoms with Crippen LogP contribution >= 0.6 is 0 Å². The first-order valence-electron chi connectivity index (χ1n) is 8.30. The highest BCUT2D eigenvalue weighted by Crippen LogP contribution is 2.29. The highest BCUT2D eigenvalue weighted by Gasteiger charge is 2.25. The molecule has 7 heteroatoms. The number of sulfonamides is 1. The van der Waals surface area contributed by atoms with Crippen LogP contribution < -0.4 is 9.04 Å². The van der Waals surface area contributed by atoms with Gasteiger partial charge in [-0.1, -0.05) is 42.5 Å². The summed E-state index contributed by atoms with van der Waals surface area (Å²) in [5.74, 6) is 0.129. The van der Waals surface area contributed by atoms with Crippen LogP contribution in [0.25, 0.3) is 0 Å². The molecule has 1 amide bonds. The number of hydrogen-bond donors (Lipinski definition) is 0. The van der Waals surface area contributed by atoms with Crippen LogP contribution in [0.5, 0.6) is 5.75 Å². The molecule has 0 radical (unpaired) electrons. The summed E-state index contributed by atoms with van der Waals surface area (Å²) in [5.41, 5.74) is 1.34. The minimum atomic E-state index is -3.65. The average molecular weight is 376 g/mol. The van der Waals surface area contributed by atoms with Crippen molar-refractivity contribution in [1.29, 1.82) is 0 Å². The Labute approximate surface area is 155 Å². The smallest absolute Gasteiger partial charge is 0.243 e. The lowest BCUT2D eigenvalue weighted by molar-refractivity contribution is -0.128. The fraction of sp³-hybridized carbons (Fsp3) is 0.316. The number of carbonyl (C=O) groups excluding carboxylic acids is 1. The molecular formula is C19H24N2O4S. The van der Waals surface area contributed by atoms with E-state index in [1.54, 1.807) is 31.3 Å². The van der Waals surface area contributed by atoms with E-state index in [-0.39, 0.29) is 12.5 Å². The van der Waals surface area contributed by atoms with E-state index in [0.717, 1.165) is 16.1 Å². The lowest BCUT2D eigenvalue weighted by Crippen LogP contribution is -2.41. The number of benzene rings is 2. The van der Waals surface area contributed by atoms with E-state index < -0.39 is 10.0 Å². The van der Waals surface area contributed by atoms with Crippen LogP contribution in [0, 0.1) is 0 Å².